The number of para-hydroxylation sites is 4. The molecule has 0 N–H and O–H groups in total. The molecule has 0 unspecified atom stereocenters. The molecule has 3 aromatic heterocycles. The number of hydrogen-bond donors (Lipinski definition) is 0. The molecule has 0 bridgehead atoms. The Bertz CT molecular complexity index is 3000. The Morgan fingerprint density at radius 1 is 0.453 bits per heavy atom. The van der Waals surface area contributed by atoms with Crippen molar-refractivity contribution in [2.75, 3.05) is 0 Å². The minimum absolute atomic E-state index is 0.550. The molecule has 0 amide bonds. The van der Waals surface area contributed by atoms with Gasteiger partial charge in [-0.05, 0) is 54.6 Å². The molecular formula is C46H27N7. The average Bonchev–Trinajstić information content (AvgIpc) is 3.92. The number of rotatable bonds is 5. The van der Waals surface area contributed by atoms with Gasteiger partial charge in [-0.15, -0.1) is 5.10 Å². The van der Waals surface area contributed by atoms with Crippen LogP contribution in [0.15, 0.2) is 164 Å². The van der Waals surface area contributed by atoms with Crippen LogP contribution in [-0.2, 0) is 0 Å². The molecule has 10 rings (SSSR count). The predicted octanol–water partition coefficient (Wildman–Crippen LogP) is 11.9. The zero-order valence-corrected chi connectivity index (χ0v) is 28.2. The Morgan fingerprint density at radius 2 is 0.962 bits per heavy atom. The van der Waals surface area contributed by atoms with Crippen molar-refractivity contribution in [1.29, 1.82) is 0 Å². The van der Waals surface area contributed by atoms with Gasteiger partial charge in [0.2, 0.25) is 0 Å². The van der Waals surface area contributed by atoms with Crippen LogP contribution in [0.5, 0.6) is 0 Å². The lowest BCUT2D eigenvalue weighted by Gasteiger charge is -2.13. The Labute approximate surface area is 304 Å². The largest absolute Gasteiger partial charge is 0.309 e. The maximum atomic E-state index is 7.45. The standard InChI is InChI=1S/C46H27N7/c1-47-31-23-21-30(22-24-31)46-49-45(50-53(46)33-27-25-32(48-2)26-28-33)40-17-10-16-39-38-15-5-8-20-43(38)52(44(39)40)35-12-9-11-34(29-35)51-41-18-6-3-13-36(41)37-14-4-7-19-42(37)51/h3-29H. The second-order valence-corrected chi connectivity index (χ2v) is 12.9. The minimum atomic E-state index is 0.550. The van der Waals surface area contributed by atoms with Crippen LogP contribution in [0, 0.1) is 13.1 Å². The van der Waals surface area contributed by atoms with Crippen LogP contribution >= 0.6 is 0 Å². The summed E-state index contributed by atoms with van der Waals surface area (Å²) in [5.41, 5.74) is 10.1. The van der Waals surface area contributed by atoms with Crippen LogP contribution in [-0.4, -0.2) is 23.9 Å². The Hall–Kier alpha value is -7.74. The molecule has 10 aromatic rings. The third-order valence-corrected chi connectivity index (χ3v) is 9.95. The molecule has 0 atom stereocenters. The van der Waals surface area contributed by atoms with Gasteiger partial charge >= 0.3 is 0 Å². The van der Waals surface area contributed by atoms with Crippen molar-refractivity contribution in [3.8, 4) is 39.8 Å². The van der Waals surface area contributed by atoms with E-state index >= 15 is 0 Å². The first-order valence-corrected chi connectivity index (χ1v) is 17.2. The second kappa shape index (κ2) is 11.9. The van der Waals surface area contributed by atoms with E-state index in [2.05, 4.69) is 134 Å². The molecule has 0 spiro atoms. The molecule has 0 fully saturated rings. The number of aromatic nitrogens is 5. The number of hydrogen-bond acceptors (Lipinski definition) is 2. The summed E-state index contributed by atoms with van der Waals surface area (Å²) in [7, 11) is 0. The van der Waals surface area contributed by atoms with Crippen LogP contribution in [0.2, 0.25) is 0 Å². The summed E-state index contributed by atoms with van der Waals surface area (Å²) in [6.45, 7) is 14.9. The molecule has 0 radical (unpaired) electrons. The van der Waals surface area contributed by atoms with Crippen molar-refractivity contribution in [2.45, 2.75) is 0 Å². The lowest BCUT2D eigenvalue weighted by Crippen LogP contribution is -2.00. The molecule has 3 heterocycles. The van der Waals surface area contributed by atoms with E-state index in [-0.39, 0.29) is 0 Å². The van der Waals surface area contributed by atoms with E-state index < -0.39 is 0 Å². The Kier molecular flexibility index (Phi) is 6.79. The summed E-state index contributed by atoms with van der Waals surface area (Å²) in [6, 6.07) is 55.4. The Balaban J connectivity index is 1.22. The summed E-state index contributed by atoms with van der Waals surface area (Å²) in [5, 5.41) is 9.83. The van der Waals surface area contributed by atoms with Gasteiger partial charge in [-0.25, -0.2) is 19.4 Å². The van der Waals surface area contributed by atoms with Crippen molar-refractivity contribution in [2.24, 2.45) is 0 Å². The number of fused-ring (bicyclic) bond motifs is 6. The highest BCUT2D eigenvalue weighted by molar-refractivity contribution is 6.13. The fourth-order valence-corrected chi connectivity index (χ4v) is 7.59. The van der Waals surface area contributed by atoms with Gasteiger partial charge in [0.15, 0.2) is 23.0 Å². The third-order valence-electron chi connectivity index (χ3n) is 9.95. The predicted molar refractivity (Wildman–Crippen MR) is 213 cm³/mol. The summed E-state index contributed by atoms with van der Waals surface area (Å²) in [4.78, 5) is 12.4. The number of benzene rings is 7. The highest BCUT2D eigenvalue weighted by Gasteiger charge is 2.22. The Morgan fingerprint density at radius 3 is 1.58 bits per heavy atom. The molecule has 0 aliphatic rings. The average molecular weight is 678 g/mol. The fourth-order valence-electron chi connectivity index (χ4n) is 7.59. The number of nitrogens with zero attached hydrogens (tertiary/aromatic N) is 7. The van der Waals surface area contributed by atoms with Gasteiger partial charge in [0.1, 0.15) is 0 Å². The maximum Gasteiger partial charge on any atom is 0.187 e. The summed E-state index contributed by atoms with van der Waals surface area (Å²) < 4.78 is 6.49. The summed E-state index contributed by atoms with van der Waals surface area (Å²) in [6.07, 6.45) is 0. The van der Waals surface area contributed by atoms with E-state index in [1.807, 2.05) is 28.9 Å². The highest BCUT2D eigenvalue weighted by Crippen LogP contribution is 2.39. The molecule has 7 heteroatoms. The first-order chi connectivity index (χ1) is 26.2. The molecular weight excluding hydrogens is 651 g/mol. The van der Waals surface area contributed by atoms with Crippen molar-refractivity contribution in [1.82, 2.24) is 23.9 Å². The molecule has 53 heavy (non-hydrogen) atoms. The molecule has 7 aromatic carbocycles. The molecule has 0 saturated heterocycles. The van der Waals surface area contributed by atoms with E-state index in [0.29, 0.717) is 23.0 Å². The first-order valence-electron chi connectivity index (χ1n) is 17.2. The van der Waals surface area contributed by atoms with Crippen molar-refractivity contribution < 1.29 is 0 Å². The molecule has 0 aliphatic carbocycles. The second-order valence-electron chi connectivity index (χ2n) is 12.9. The van der Waals surface area contributed by atoms with Crippen molar-refractivity contribution in [3.63, 3.8) is 0 Å². The molecule has 7 nitrogen and oxygen atoms in total. The van der Waals surface area contributed by atoms with Crippen molar-refractivity contribution >= 4 is 55.0 Å². The van der Waals surface area contributed by atoms with E-state index in [1.54, 1.807) is 24.3 Å². The van der Waals surface area contributed by atoms with Crippen LogP contribution in [0.1, 0.15) is 0 Å². The third kappa shape index (κ3) is 4.73. The SMILES string of the molecule is [C-]#[N+]c1ccc(-c2nc(-c3cccc4c5ccccc5n(-c5cccc(-n6c7ccccc7c7ccccc76)c5)c34)nn2-c2ccc([N+]#[C-])cc2)cc1. The van der Waals surface area contributed by atoms with Crippen LogP contribution in [0.25, 0.3) is 93.1 Å². The van der Waals surface area contributed by atoms with E-state index in [9.17, 15) is 0 Å². The van der Waals surface area contributed by atoms with Gasteiger partial charge in [-0.2, -0.15) is 0 Å². The zero-order chi connectivity index (χ0) is 35.5. The monoisotopic (exact) mass is 677 g/mol. The van der Waals surface area contributed by atoms with Crippen LogP contribution in [0.4, 0.5) is 11.4 Å². The van der Waals surface area contributed by atoms with E-state index in [4.69, 9.17) is 23.2 Å². The van der Waals surface area contributed by atoms with E-state index in [1.165, 1.54) is 10.8 Å². The summed E-state index contributed by atoms with van der Waals surface area (Å²) >= 11 is 0. The lowest BCUT2D eigenvalue weighted by molar-refractivity contribution is 0.891. The zero-order valence-electron chi connectivity index (χ0n) is 28.2. The molecule has 246 valence electrons. The normalized spacial score (nSPS) is 11.4. The first kappa shape index (κ1) is 30.1. The van der Waals surface area contributed by atoms with Gasteiger partial charge < -0.3 is 9.13 Å². The topological polar surface area (TPSA) is 49.3 Å². The van der Waals surface area contributed by atoms with E-state index in [0.717, 1.165) is 61.0 Å². The summed E-state index contributed by atoms with van der Waals surface area (Å²) in [5.74, 6) is 1.21. The van der Waals surface area contributed by atoms with Crippen LogP contribution < -0.4 is 0 Å². The maximum absolute atomic E-state index is 7.45. The quantitative estimate of drug-likeness (QED) is 0.170. The van der Waals surface area contributed by atoms with Gasteiger partial charge in [-0.3, -0.25) is 0 Å². The van der Waals surface area contributed by atoms with Gasteiger partial charge in [-0.1, -0.05) is 109 Å². The van der Waals surface area contributed by atoms with Crippen molar-refractivity contribution in [3.05, 3.63) is 187 Å². The molecule has 0 aliphatic heterocycles. The van der Waals surface area contributed by atoms with Gasteiger partial charge in [0.05, 0.1) is 40.9 Å². The minimum Gasteiger partial charge on any atom is -0.309 e. The highest BCUT2D eigenvalue weighted by atomic mass is 15.4. The smallest absolute Gasteiger partial charge is 0.187 e. The fraction of sp³-hybridized carbons (Fsp3) is 0. The van der Waals surface area contributed by atoms with Crippen LogP contribution in [0.3, 0.4) is 0 Å². The molecule has 0 saturated carbocycles. The lowest BCUT2D eigenvalue weighted by atomic mass is 10.1. The van der Waals surface area contributed by atoms with Gasteiger partial charge in [0, 0.05) is 44.0 Å². The van der Waals surface area contributed by atoms with Gasteiger partial charge in [0.25, 0.3) is 0 Å².